The third-order valence-corrected chi connectivity index (χ3v) is 2.93. The third-order valence-electron chi connectivity index (χ3n) is 2.93. The largest absolute Gasteiger partial charge is 0.479 e. The van der Waals surface area contributed by atoms with Crippen molar-refractivity contribution in [3.63, 3.8) is 0 Å². The van der Waals surface area contributed by atoms with Gasteiger partial charge in [-0.1, -0.05) is 6.42 Å². The zero-order chi connectivity index (χ0) is 12.1. The first-order chi connectivity index (χ1) is 7.56. The molecule has 0 aromatic carbocycles. The van der Waals surface area contributed by atoms with Gasteiger partial charge in [-0.25, -0.2) is 4.79 Å². The molecular formula is C10H18N2O4. The number of aliphatic carboxylic acids is 1. The number of nitrogens with two attached hydrogens (primary N) is 1. The first-order valence-electron chi connectivity index (χ1n) is 5.35. The predicted molar refractivity (Wildman–Crippen MR) is 56.8 cm³/mol. The summed E-state index contributed by atoms with van der Waals surface area (Å²) in [5, 5.41) is 11.3. The van der Waals surface area contributed by atoms with E-state index in [9.17, 15) is 9.59 Å². The number of carbonyl (C=O) groups excluding carboxylic acids is 1. The number of rotatable bonds is 5. The average Bonchev–Trinajstić information content (AvgIpc) is 2.64. The molecule has 1 amide bonds. The molecule has 1 aliphatic rings. The van der Waals surface area contributed by atoms with Crippen molar-refractivity contribution in [1.29, 1.82) is 0 Å². The van der Waals surface area contributed by atoms with Gasteiger partial charge in [-0.15, -0.1) is 0 Å². The van der Waals surface area contributed by atoms with E-state index >= 15 is 0 Å². The molecule has 0 aromatic heterocycles. The van der Waals surface area contributed by atoms with Crippen LogP contribution in [-0.4, -0.2) is 42.8 Å². The van der Waals surface area contributed by atoms with E-state index in [1.807, 2.05) is 0 Å². The second kappa shape index (κ2) is 5.81. The number of hydrogen-bond acceptors (Lipinski definition) is 4. The lowest BCUT2D eigenvalue weighted by molar-refractivity contribution is -0.148. The minimum atomic E-state index is -1.08. The van der Waals surface area contributed by atoms with Crippen molar-refractivity contribution in [3.8, 4) is 0 Å². The maximum absolute atomic E-state index is 11.7. The molecule has 0 radical (unpaired) electrons. The van der Waals surface area contributed by atoms with Crippen LogP contribution in [0.3, 0.4) is 0 Å². The SMILES string of the molecule is COC(CNC(=O)C1CCCC1N)C(=O)O. The van der Waals surface area contributed by atoms with Gasteiger partial charge in [0.1, 0.15) is 0 Å². The standard InChI is InChI=1S/C10H18N2O4/c1-16-8(10(14)15)5-12-9(13)6-3-2-4-7(6)11/h6-8H,2-5,11H2,1H3,(H,12,13)(H,14,15). The molecule has 6 heteroatoms. The highest BCUT2D eigenvalue weighted by atomic mass is 16.5. The smallest absolute Gasteiger partial charge is 0.334 e. The Morgan fingerprint density at radius 3 is 2.69 bits per heavy atom. The van der Waals surface area contributed by atoms with Gasteiger partial charge >= 0.3 is 5.97 Å². The van der Waals surface area contributed by atoms with Crippen LogP contribution in [0.5, 0.6) is 0 Å². The van der Waals surface area contributed by atoms with Gasteiger partial charge in [-0.05, 0) is 12.8 Å². The minimum absolute atomic E-state index is 0.0200. The fraction of sp³-hybridized carbons (Fsp3) is 0.800. The molecule has 4 N–H and O–H groups in total. The molecule has 0 aliphatic heterocycles. The van der Waals surface area contributed by atoms with Crippen molar-refractivity contribution in [3.05, 3.63) is 0 Å². The monoisotopic (exact) mass is 230 g/mol. The van der Waals surface area contributed by atoms with Gasteiger partial charge in [0, 0.05) is 13.2 Å². The second-order valence-corrected chi connectivity index (χ2v) is 4.01. The van der Waals surface area contributed by atoms with E-state index in [0.717, 1.165) is 19.3 Å². The molecule has 0 aromatic rings. The van der Waals surface area contributed by atoms with Crippen molar-refractivity contribution in [1.82, 2.24) is 5.32 Å². The molecule has 0 heterocycles. The average molecular weight is 230 g/mol. The maximum Gasteiger partial charge on any atom is 0.334 e. The lowest BCUT2D eigenvalue weighted by atomic mass is 10.0. The van der Waals surface area contributed by atoms with Crippen LogP contribution in [-0.2, 0) is 14.3 Å². The molecule has 0 bridgehead atoms. The summed E-state index contributed by atoms with van der Waals surface area (Å²) in [5.74, 6) is -1.45. The molecule has 0 spiro atoms. The Labute approximate surface area is 94.1 Å². The fourth-order valence-corrected chi connectivity index (χ4v) is 1.91. The van der Waals surface area contributed by atoms with Gasteiger partial charge in [0.25, 0.3) is 0 Å². The molecular weight excluding hydrogens is 212 g/mol. The maximum atomic E-state index is 11.7. The lowest BCUT2D eigenvalue weighted by Gasteiger charge is -2.17. The number of carboxylic acids is 1. The molecule has 16 heavy (non-hydrogen) atoms. The third kappa shape index (κ3) is 3.18. The van der Waals surface area contributed by atoms with Crippen LogP contribution in [0.1, 0.15) is 19.3 Å². The van der Waals surface area contributed by atoms with Crippen molar-refractivity contribution in [2.24, 2.45) is 11.7 Å². The number of ether oxygens (including phenoxy) is 1. The Hall–Kier alpha value is -1.14. The van der Waals surface area contributed by atoms with Gasteiger partial charge in [0.15, 0.2) is 6.10 Å². The van der Waals surface area contributed by atoms with E-state index in [-0.39, 0.29) is 24.4 Å². The summed E-state index contributed by atoms with van der Waals surface area (Å²) in [6.07, 6.45) is 1.58. The second-order valence-electron chi connectivity index (χ2n) is 4.01. The summed E-state index contributed by atoms with van der Waals surface area (Å²) in [5.41, 5.74) is 5.77. The van der Waals surface area contributed by atoms with E-state index in [0.29, 0.717) is 0 Å². The molecule has 1 aliphatic carbocycles. The molecule has 1 saturated carbocycles. The predicted octanol–water partition coefficient (Wildman–Crippen LogP) is -0.670. The molecule has 92 valence electrons. The molecule has 6 nitrogen and oxygen atoms in total. The summed E-state index contributed by atoms with van der Waals surface area (Å²) in [6, 6.07) is -0.106. The quantitative estimate of drug-likeness (QED) is 0.581. The molecule has 3 unspecified atom stereocenters. The Morgan fingerprint density at radius 1 is 1.56 bits per heavy atom. The molecule has 1 rings (SSSR count). The molecule has 1 fully saturated rings. The first kappa shape index (κ1) is 12.9. The van der Waals surface area contributed by atoms with Gasteiger partial charge in [0.05, 0.1) is 12.5 Å². The normalized spacial score (nSPS) is 26.4. The number of methoxy groups -OCH3 is 1. The topological polar surface area (TPSA) is 102 Å². The van der Waals surface area contributed by atoms with Crippen LogP contribution in [0.25, 0.3) is 0 Å². The van der Waals surface area contributed by atoms with Crippen molar-refractivity contribution >= 4 is 11.9 Å². The van der Waals surface area contributed by atoms with E-state index in [1.165, 1.54) is 7.11 Å². The summed E-state index contributed by atoms with van der Waals surface area (Å²) in [4.78, 5) is 22.3. The van der Waals surface area contributed by atoms with Crippen LogP contribution < -0.4 is 11.1 Å². The Bertz CT molecular complexity index is 270. The van der Waals surface area contributed by atoms with Crippen LogP contribution in [0.4, 0.5) is 0 Å². The number of carboxylic acid groups (broad SMARTS) is 1. The summed E-state index contributed by atoms with van der Waals surface area (Å²) in [7, 11) is 1.30. The van der Waals surface area contributed by atoms with Crippen LogP contribution in [0.15, 0.2) is 0 Å². The van der Waals surface area contributed by atoms with Crippen LogP contribution in [0.2, 0.25) is 0 Å². The highest BCUT2D eigenvalue weighted by molar-refractivity contribution is 5.81. The zero-order valence-electron chi connectivity index (χ0n) is 9.31. The number of hydrogen-bond donors (Lipinski definition) is 3. The van der Waals surface area contributed by atoms with Gasteiger partial charge < -0.3 is 20.9 Å². The molecule has 3 atom stereocenters. The highest BCUT2D eigenvalue weighted by Crippen LogP contribution is 2.23. The van der Waals surface area contributed by atoms with E-state index in [4.69, 9.17) is 15.6 Å². The fourth-order valence-electron chi connectivity index (χ4n) is 1.91. The van der Waals surface area contributed by atoms with E-state index < -0.39 is 12.1 Å². The zero-order valence-corrected chi connectivity index (χ0v) is 9.31. The van der Waals surface area contributed by atoms with Crippen molar-refractivity contribution < 1.29 is 19.4 Å². The van der Waals surface area contributed by atoms with E-state index in [1.54, 1.807) is 0 Å². The Balaban J connectivity index is 2.37. The van der Waals surface area contributed by atoms with Crippen LogP contribution >= 0.6 is 0 Å². The first-order valence-corrected chi connectivity index (χ1v) is 5.35. The van der Waals surface area contributed by atoms with Gasteiger partial charge in [0.2, 0.25) is 5.91 Å². The van der Waals surface area contributed by atoms with Crippen molar-refractivity contribution in [2.45, 2.75) is 31.4 Å². The van der Waals surface area contributed by atoms with Crippen LogP contribution in [0, 0.1) is 5.92 Å². The summed E-state index contributed by atoms with van der Waals surface area (Å²) >= 11 is 0. The Morgan fingerprint density at radius 2 is 2.25 bits per heavy atom. The van der Waals surface area contributed by atoms with Gasteiger partial charge in [-0.2, -0.15) is 0 Å². The number of nitrogens with one attached hydrogen (secondary N) is 1. The number of carbonyl (C=O) groups is 2. The number of amides is 1. The van der Waals surface area contributed by atoms with Gasteiger partial charge in [-0.3, -0.25) is 4.79 Å². The van der Waals surface area contributed by atoms with Crippen molar-refractivity contribution in [2.75, 3.05) is 13.7 Å². The summed E-state index contributed by atoms with van der Waals surface area (Å²) < 4.78 is 4.71. The molecule has 0 saturated heterocycles. The highest BCUT2D eigenvalue weighted by Gasteiger charge is 2.30. The van der Waals surface area contributed by atoms with E-state index in [2.05, 4.69) is 5.32 Å². The minimum Gasteiger partial charge on any atom is -0.479 e. The summed E-state index contributed by atoms with van der Waals surface area (Å²) in [6.45, 7) is -0.0200. The Kier molecular flexibility index (Phi) is 4.70. The lowest BCUT2D eigenvalue weighted by Crippen LogP contribution is -2.43.